The van der Waals surface area contributed by atoms with Gasteiger partial charge in [0.25, 0.3) is 0 Å². The van der Waals surface area contributed by atoms with E-state index in [1.54, 1.807) is 18.2 Å². The monoisotopic (exact) mass is 387 g/mol. The third-order valence-electron chi connectivity index (χ3n) is 4.01. The Morgan fingerprint density at radius 2 is 1.69 bits per heavy atom. The summed E-state index contributed by atoms with van der Waals surface area (Å²) in [4.78, 5) is 23.9. The first kappa shape index (κ1) is 19.8. The van der Waals surface area contributed by atoms with Crippen molar-refractivity contribution in [2.75, 3.05) is 5.32 Å². The number of carbonyl (C=O) groups is 2. The minimum Gasteiger partial charge on any atom is -0.488 e. The summed E-state index contributed by atoms with van der Waals surface area (Å²) in [7, 11) is 0. The van der Waals surface area contributed by atoms with Gasteiger partial charge in [0.1, 0.15) is 12.4 Å². The number of hydrogen-bond donors (Lipinski definition) is 2. The SMILES string of the molecule is Cc1cccc(NC(=O)C(=O)N/N=C\c2ccccc2OCc2ccccc2)c1. The summed E-state index contributed by atoms with van der Waals surface area (Å²) < 4.78 is 5.84. The average Bonchev–Trinajstić information content (AvgIpc) is 2.73. The molecule has 2 N–H and O–H groups in total. The van der Waals surface area contributed by atoms with E-state index in [9.17, 15) is 9.59 Å². The van der Waals surface area contributed by atoms with Crippen molar-refractivity contribution in [3.8, 4) is 5.75 Å². The summed E-state index contributed by atoms with van der Waals surface area (Å²) in [5.41, 5.74) is 5.48. The predicted molar refractivity (Wildman–Crippen MR) is 113 cm³/mol. The minimum atomic E-state index is -0.856. The summed E-state index contributed by atoms with van der Waals surface area (Å²) >= 11 is 0. The molecule has 3 aromatic carbocycles. The van der Waals surface area contributed by atoms with E-state index >= 15 is 0 Å². The number of ether oxygens (including phenoxy) is 1. The molecule has 6 nitrogen and oxygen atoms in total. The molecule has 29 heavy (non-hydrogen) atoms. The molecule has 0 unspecified atom stereocenters. The van der Waals surface area contributed by atoms with E-state index in [0.717, 1.165) is 11.1 Å². The number of para-hydroxylation sites is 1. The Kier molecular flexibility index (Phi) is 6.73. The fourth-order valence-electron chi connectivity index (χ4n) is 2.58. The quantitative estimate of drug-likeness (QED) is 0.385. The molecule has 0 saturated carbocycles. The van der Waals surface area contributed by atoms with Gasteiger partial charge in [-0.2, -0.15) is 5.10 Å². The molecular formula is C23H21N3O3. The van der Waals surface area contributed by atoms with Crippen molar-refractivity contribution in [3.05, 3.63) is 95.6 Å². The van der Waals surface area contributed by atoms with E-state index in [4.69, 9.17) is 4.74 Å². The first-order valence-electron chi connectivity index (χ1n) is 9.08. The maximum Gasteiger partial charge on any atom is 0.329 e. The van der Waals surface area contributed by atoms with Gasteiger partial charge in [0.15, 0.2) is 0 Å². The number of hydrazone groups is 1. The van der Waals surface area contributed by atoms with Gasteiger partial charge >= 0.3 is 11.8 Å². The number of benzene rings is 3. The topological polar surface area (TPSA) is 79.8 Å². The van der Waals surface area contributed by atoms with Crippen LogP contribution in [0.15, 0.2) is 84.0 Å². The highest BCUT2D eigenvalue weighted by molar-refractivity contribution is 6.39. The Bertz CT molecular complexity index is 1020. The van der Waals surface area contributed by atoms with Gasteiger partial charge < -0.3 is 10.1 Å². The molecule has 2 amide bonds. The molecule has 0 fully saturated rings. The molecule has 0 spiro atoms. The Morgan fingerprint density at radius 3 is 2.48 bits per heavy atom. The minimum absolute atomic E-state index is 0.414. The molecule has 0 aliphatic heterocycles. The maximum atomic E-state index is 12.0. The molecule has 0 atom stereocenters. The molecular weight excluding hydrogens is 366 g/mol. The van der Waals surface area contributed by atoms with Gasteiger partial charge in [0.05, 0.1) is 6.21 Å². The van der Waals surface area contributed by atoms with Crippen LogP contribution in [0.3, 0.4) is 0 Å². The van der Waals surface area contributed by atoms with Crippen molar-refractivity contribution < 1.29 is 14.3 Å². The molecule has 0 radical (unpaired) electrons. The molecule has 3 rings (SSSR count). The molecule has 3 aromatic rings. The summed E-state index contributed by atoms with van der Waals surface area (Å²) in [6, 6.07) is 24.3. The van der Waals surface area contributed by atoms with Gasteiger partial charge in [-0.05, 0) is 42.3 Å². The largest absolute Gasteiger partial charge is 0.488 e. The van der Waals surface area contributed by atoms with Crippen molar-refractivity contribution in [3.63, 3.8) is 0 Å². The zero-order valence-corrected chi connectivity index (χ0v) is 16.0. The second-order valence-electron chi connectivity index (χ2n) is 6.33. The van der Waals surface area contributed by atoms with E-state index < -0.39 is 11.8 Å². The highest BCUT2D eigenvalue weighted by atomic mass is 16.5. The van der Waals surface area contributed by atoms with Crippen molar-refractivity contribution in [1.29, 1.82) is 0 Å². The van der Waals surface area contributed by atoms with Gasteiger partial charge in [-0.3, -0.25) is 9.59 Å². The van der Waals surface area contributed by atoms with Crippen molar-refractivity contribution in [1.82, 2.24) is 5.43 Å². The Labute approximate surface area is 169 Å². The van der Waals surface area contributed by atoms with Crippen LogP contribution in [0.4, 0.5) is 5.69 Å². The number of amides is 2. The van der Waals surface area contributed by atoms with Crippen LogP contribution in [0.1, 0.15) is 16.7 Å². The number of anilines is 1. The van der Waals surface area contributed by atoms with Crippen LogP contribution < -0.4 is 15.5 Å². The lowest BCUT2D eigenvalue weighted by molar-refractivity contribution is -0.136. The molecule has 6 heteroatoms. The van der Waals surface area contributed by atoms with Crippen LogP contribution in [0.2, 0.25) is 0 Å². The van der Waals surface area contributed by atoms with E-state index in [0.29, 0.717) is 23.6 Å². The lowest BCUT2D eigenvalue weighted by Gasteiger charge is -2.09. The lowest BCUT2D eigenvalue weighted by atomic mass is 10.2. The highest BCUT2D eigenvalue weighted by Crippen LogP contribution is 2.17. The predicted octanol–water partition coefficient (Wildman–Crippen LogP) is 3.66. The van der Waals surface area contributed by atoms with Gasteiger partial charge in [-0.15, -0.1) is 0 Å². The van der Waals surface area contributed by atoms with E-state index in [2.05, 4.69) is 15.8 Å². The summed E-state index contributed by atoms with van der Waals surface area (Å²) in [5, 5.41) is 6.40. The normalized spacial score (nSPS) is 10.5. The summed E-state index contributed by atoms with van der Waals surface area (Å²) in [6.45, 7) is 2.31. The number of carbonyl (C=O) groups excluding carboxylic acids is 2. The first-order valence-corrected chi connectivity index (χ1v) is 9.08. The Hall–Kier alpha value is -3.93. The van der Waals surface area contributed by atoms with Crippen molar-refractivity contribution in [2.24, 2.45) is 5.10 Å². The third kappa shape index (κ3) is 6.04. The average molecular weight is 387 g/mol. The van der Waals surface area contributed by atoms with Crippen LogP contribution >= 0.6 is 0 Å². The molecule has 0 aromatic heterocycles. The smallest absolute Gasteiger partial charge is 0.329 e. The van der Waals surface area contributed by atoms with Crippen LogP contribution in [-0.4, -0.2) is 18.0 Å². The van der Waals surface area contributed by atoms with Crippen LogP contribution in [0.25, 0.3) is 0 Å². The number of hydrogen-bond acceptors (Lipinski definition) is 4. The first-order chi connectivity index (χ1) is 14.1. The van der Waals surface area contributed by atoms with Crippen LogP contribution in [0, 0.1) is 6.92 Å². The summed E-state index contributed by atoms with van der Waals surface area (Å²) in [6.07, 6.45) is 1.44. The van der Waals surface area contributed by atoms with Crippen LogP contribution in [-0.2, 0) is 16.2 Å². The van der Waals surface area contributed by atoms with Gasteiger partial charge in [-0.25, -0.2) is 5.43 Å². The summed E-state index contributed by atoms with van der Waals surface area (Å²) in [5.74, 6) is -1.02. The Balaban J connectivity index is 1.57. The molecule has 0 aliphatic carbocycles. The number of rotatable bonds is 6. The maximum absolute atomic E-state index is 12.0. The standard InChI is InChI=1S/C23H21N3O3/c1-17-8-7-12-20(14-17)25-22(27)23(28)26-24-15-19-11-5-6-13-21(19)29-16-18-9-3-2-4-10-18/h2-15H,16H2,1H3,(H,25,27)(H,26,28)/b24-15-. The number of nitrogens with zero attached hydrogens (tertiary/aromatic N) is 1. The van der Waals surface area contributed by atoms with Gasteiger partial charge in [0.2, 0.25) is 0 Å². The fourth-order valence-corrected chi connectivity index (χ4v) is 2.58. The van der Waals surface area contributed by atoms with Gasteiger partial charge in [0, 0.05) is 11.3 Å². The second kappa shape index (κ2) is 9.85. The highest BCUT2D eigenvalue weighted by Gasteiger charge is 2.12. The third-order valence-corrected chi connectivity index (χ3v) is 4.01. The fraction of sp³-hybridized carbons (Fsp3) is 0.0870. The second-order valence-corrected chi connectivity index (χ2v) is 6.33. The molecule has 0 aliphatic rings. The van der Waals surface area contributed by atoms with Gasteiger partial charge in [-0.1, -0.05) is 54.6 Å². The Morgan fingerprint density at radius 1 is 0.931 bits per heavy atom. The molecule has 0 heterocycles. The zero-order valence-electron chi connectivity index (χ0n) is 16.0. The van der Waals surface area contributed by atoms with E-state index in [1.807, 2.05) is 67.6 Å². The number of nitrogens with one attached hydrogen (secondary N) is 2. The molecule has 0 bridgehead atoms. The van der Waals surface area contributed by atoms with E-state index in [-0.39, 0.29) is 0 Å². The van der Waals surface area contributed by atoms with Crippen molar-refractivity contribution >= 4 is 23.7 Å². The van der Waals surface area contributed by atoms with Crippen molar-refractivity contribution in [2.45, 2.75) is 13.5 Å². The zero-order chi connectivity index (χ0) is 20.5. The number of aryl methyl sites for hydroxylation is 1. The molecule has 0 saturated heterocycles. The van der Waals surface area contributed by atoms with Crippen LogP contribution in [0.5, 0.6) is 5.75 Å². The molecule has 146 valence electrons. The van der Waals surface area contributed by atoms with E-state index in [1.165, 1.54) is 6.21 Å². The lowest BCUT2D eigenvalue weighted by Crippen LogP contribution is -2.32.